The lowest BCUT2D eigenvalue weighted by molar-refractivity contribution is 0.337. The summed E-state index contributed by atoms with van der Waals surface area (Å²) in [6, 6.07) is 0. The van der Waals surface area contributed by atoms with Crippen LogP contribution in [0.3, 0.4) is 0 Å². The molecule has 0 atom stereocenters. The standard InChI is InChI=1S/C9H17NO2S/c1-7-9(4,5)10(6)13(11,12)8(2)3/h1,8H,2-6H3. The summed E-state index contributed by atoms with van der Waals surface area (Å²) in [7, 11) is -1.75. The van der Waals surface area contributed by atoms with Gasteiger partial charge in [0.2, 0.25) is 10.0 Å². The molecule has 0 aromatic rings. The van der Waals surface area contributed by atoms with Gasteiger partial charge in [-0.1, -0.05) is 5.92 Å². The molecule has 0 heterocycles. The fourth-order valence-electron chi connectivity index (χ4n) is 0.725. The third kappa shape index (κ3) is 2.45. The van der Waals surface area contributed by atoms with Crippen molar-refractivity contribution in [2.24, 2.45) is 0 Å². The Morgan fingerprint density at radius 1 is 1.38 bits per heavy atom. The molecule has 0 aliphatic carbocycles. The van der Waals surface area contributed by atoms with Crippen LogP contribution in [0, 0.1) is 12.3 Å². The van der Waals surface area contributed by atoms with Crippen molar-refractivity contribution in [3.63, 3.8) is 0 Å². The van der Waals surface area contributed by atoms with E-state index in [0.717, 1.165) is 0 Å². The summed E-state index contributed by atoms with van der Waals surface area (Å²) >= 11 is 0. The maximum atomic E-state index is 11.7. The first-order valence-corrected chi connectivity index (χ1v) is 5.62. The maximum absolute atomic E-state index is 11.7. The molecule has 3 nitrogen and oxygen atoms in total. The Labute approximate surface area is 81.2 Å². The van der Waals surface area contributed by atoms with Gasteiger partial charge >= 0.3 is 0 Å². The van der Waals surface area contributed by atoms with Gasteiger partial charge in [-0.05, 0) is 27.7 Å². The van der Waals surface area contributed by atoms with Crippen molar-refractivity contribution in [1.29, 1.82) is 0 Å². The molecule has 0 amide bonds. The molecule has 13 heavy (non-hydrogen) atoms. The fraction of sp³-hybridized carbons (Fsp3) is 0.778. The number of hydrogen-bond donors (Lipinski definition) is 0. The average molecular weight is 203 g/mol. The molecule has 0 unspecified atom stereocenters. The van der Waals surface area contributed by atoms with Crippen LogP contribution < -0.4 is 0 Å². The van der Waals surface area contributed by atoms with Gasteiger partial charge in [0, 0.05) is 7.05 Å². The number of rotatable bonds is 3. The highest BCUT2D eigenvalue weighted by molar-refractivity contribution is 7.89. The van der Waals surface area contributed by atoms with Crippen LogP contribution in [0.4, 0.5) is 0 Å². The van der Waals surface area contributed by atoms with Gasteiger partial charge in [-0.25, -0.2) is 8.42 Å². The Bertz CT molecular complexity index is 309. The maximum Gasteiger partial charge on any atom is 0.217 e. The molecule has 0 bridgehead atoms. The summed E-state index contributed by atoms with van der Waals surface area (Å²) in [5.41, 5.74) is -0.761. The molecule has 0 aromatic heterocycles. The minimum absolute atomic E-state index is 0.440. The molecule has 0 fully saturated rings. The molecule has 0 spiro atoms. The van der Waals surface area contributed by atoms with Crippen LogP contribution in [0.5, 0.6) is 0 Å². The van der Waals surface area contributed by atoms with Crippen LogP contribution >= 0.6 is 0 Å². The Hall–Kier alpha value is -0.530. The van der Waals surface area contributed by atoms with E-state index in [-0.39, 0.29) is 0 Å². The Morgan fingerprint density at radius 2 is 1.77 bits per heavy atom. The third-order valence-electron chi connectivity index (χ3n) is 2.12. The van der Waals surface area contributed by atoms with Gasteiger partial charge in [0.05, 0.1) is 10.8 Å². The summed E-state index contributed by atoms with van der Waals surface area (Å²) in [6.07, 6.45) is 5.25. The molecule has 76 valence electrons. The Balaban J connectivity index is 5.05. The van der Waals surface area contributed by atoms with E-state index in [0.29, 0.717) is 0 Å². The fourth-order valence-corrected chi connectivity index (χ4v) is 2.05. The minimum Gasteiger partial charge on any atom is -0.212 e. The highest BCUT2D eigenvalue weighted by atomic mass is 32.2. The molecule has 0 aliphatic heterocycles. The predicted molar refractivity (Wildman–Crippen MR) is 54.7 cm³/mol. The van der Waals surface area contributed by atoms with Crippen LogP contribution in [0.2, 0.25) is 0 Å². The van der Waals surface area contributed by atoms with Gasteiger partial charge in [0.25, 0.3) is 0 Å². The monoisotopic (exact) mass is 203 g/mol. The lowest BCUT2D eigenvalue weighted by Gasteiger charge is -2.31. The van der Waals surface area contributed by atoms with Crippen LogP contribution in [-0.4, -0.2) is 30.6 Å². The molecular weight excluding hydrogens is 186 g/mol. The highest BCUT2D eigenvalue weighted by Crippen LogP contribution is 2.18. The van der Waals surface area contributed by atoms with Crippen molar-refractivity contribution in [3.05, 3.63) is 0 Å². The zero-order valence-electron chi connectivity index (χ0n) is 8.83. The van der Waals surface area contributed by atoms with Crippen molar-refractivity contribution in [2.45, 2.75) is 38.5 Å². The number of nitrogens with zero attached hydrogens (tertiary/aromatic N) is 1. The van der Waals surface area contributed by atoms with E-state index in [1.807, 2.05) is 0 Å². The van der Waals surface area contributed by atoms with Gasteiger partial charge in [-0.3, -0.25) is 0 Å². The number of sulfonamides is 1. The van der Waals surface area contributed by atoms with E-state index >= 15 is 0 Å². The molecule has 0 aliphatic rings. The largest absolute Gasteiger partial charge is 0.217 e. The second-order valence-corrected chi connectivity index (χ2v) is 6.29. The molecule has 0 saturated carbocycles. The first kappa shape index (κ1) is 12.5. The summed E-state index contributed by atoms with van der Waals surface area (Å²) in [5.74, 6) is 2.45. The Morgan fingerprint density at radius 3 is 2.00 bits per heavy atom. The van der Waals surface area contributed by atoms with E-state index in [1.165, 1.54) is 11.4 Å². The summed E-state index contributed by atoms with van der Waals surface area (Å²) in [6.45, 7) is 6.68. The molecule has 4 heteroatoms. The quantitative estimate of drug-likeness (QED) is 0.643. The third-order valence-corrected chi connectivity index (χ3v) is 4.53. The van der Waals surface area contributed by atoms with E-state index in [2.05, 4.69) is 5.92 Å². The zero-order valence-corrected chi connectivity index (χ0v) is 9.64. The lowest BCUT2D eigenvalue weighted by atomic mass is 10.1. The SMILES string of the molecule is C#CC(C)(C)N(C)S(=O)(=O)C(C)C. The molecule has 0 radical (unpaired) electrons. The van der Waals surface area contributed by atoms with Crippen LogP contribution in [0.15, 0.2) is 0 Å². The van der Waals surface area contributed by atoms with E-state index in [9.17, 15) is 8.42 Å². The average Bonchev–Trinajstić information content (AvgIpc) is 2.02. The van der Waals surface area contributed by atoms with Gasteiger partial charge in [-0.2, -0.15) is 4.31 Å². The van der Waals surface area contributed by atoms with E-state index in [4.69, 9.17) is 6.42 Å². The lowest BCUT2D eigenvalue weighted by Crippen LogP contribution is -2.46. The second kappa shape index (κ2) is 3.69. The number of hydrogen-bond acceptors (Lipinski definition) is 2. The Kier molecular flexibility index (Phi) is 3.54. The van der Waals surface area contributed by atoms with Gasteiger partial charge < -0.3 is 0 Å². The second-order valence-electron chi connectivity index (χ2n) is 3.76. The smallest absolute Gasteiger partial charge is 0.212 e. The molecule has 0 aromatic carbocycles. The van der Waals surface area contributed by atoms with Crippen LogP contribution in [0.25, 0.3) is 0 Å². The molecule has 0 rings (SSSR count). The molecular formula is C9H17NO2S. The van der Waals surface area contributed by atoms with E-state index < -0.39 is 20.8 Å². The molecule has 0 N–H and O–H groups in total. The van der Waals surface area contributed by atoms with Gasteiger partial charge in [0.1, 0.15) is 0 Å². The van der Waals surface area contributed by atoms with Crippen LogP contribution in [-0.2, 0) is 10.0 Å². The first-order chi connectivity index (χ1) is 5.66. The zero-order chi connectivity index (χ0) is 10.9. The minimum atomic E-state index is -3.26. The van der Waals surface area contributed by atoms with Crippen molar-refractivity contribution < 1.29 is 8.42 Å². The van der Waals surface area contributed by atoms with Crippen molar-refractivity contribution in [3.8, 4) is 12.3 Å². The summed E-state index contributed by atoms with van der Waals surface area (Å²) < 4.78 is 24.6. The molecule has 0 saturated heterocycles. The van der Waals surface area contributed by atoms with Crippen molar-refractivity contribution in [1.82, 2.24) is 4.31 Å². The topological polar surface area (TPSA) is 37.4 Å². The van der Waals surface area contributed by atoms with Crippen molar-refractivity contribution >= 4 is 10.0 Å². The normalized spacial score (nSPS) is 13.4. The number of terminal acetylenes is 1. The predicted octanol–water partition coefficient (Wildman–Crippen LogP) is 1.07. The van der Waals surface area contributed by atoms with Gasteiger partial charge in [0.15, 0.2) is 0 Å². The van der Waals surface area contributed by atoms with Crippen molar-refractivity contribution in [2.75, 3.05) is 7.05 Å². The first-order valence-electron chi connectivity index (χ1n) is 4.12. The van der Waals surface area contributed by atoms with E-state index in [1.54, 1.807) is 27.7 Å². The van der Waals surface area contributed by atoms with Crippen LogP contribution in [0.1, 0.15) is 27.7 Å². The van der Waals surface area contributed by atoms with Gasteiger partial charge in [-0.15, -0.1) is 6.42 Å². The summed E-state index contributed by atoms with van der Waals surface area (Å²) in [5, 5.41) is -0.440. The summed E-state index contributed by atoms with van der Waals surface area (Å²) in [4.78, 5) is 0. The highest BCUT2D eigenvalue weighted by Gasteiger charge is 2.32.